The number of anilines is 1. The second-order valence-electron chi connectivity index (χ2n) is 5.04. The number of hydrogen-bond acceptors (Lipinski definition) is 4. The van der Waals surface area contributed by atoms with Crippen LogP contribution in [0.3, 0.4) is 0 Å². The standard InChI is InChI=1S/C15H16ClN3S2/c1-10(2)19-9-11(8-17-19)18-15(12-4-3-7-20-12)13-5-6-14(16)21-13/h3-10,15,18H,1-2H3. The van der Waals surface area contributed by atoms with Crippen molar-refractivity contribution in [3.8, 4) is 0 Å². The summed E-state index contributed by atoms with van der Waals surface area (Å²) >= 11 is 9.44. The summed E-state index contributed by atoms with van der Waals surface area (Å²) < 4.78 is 2.76. The first-order valence-corrected chi connectivity index (χ1v) is 8.80. The van der Waals surface area contributed by atoms with Crippen LogP contribution in [0.2, 0.25) is 4.34 Å². The Kier molecular flexibility index (Phi) is 4.33. The maximum atomic E-state index is 6.09. The predicted molar refractivity (Wildman–Crippen MR) is 91.7 cm³/mol. The SMILES string of the molecule is CC(C)n1cc(NC(c2cccs2)c2ccc(Cl)s2)cn1. The van der Waals surface area contributed by atoms with E-state index in [1.807, 2.05) is 23.1 Å². The lowest BCUT2D eigenvalue weighted by Gasteiger charge is -2.16. The number of halogens is 1. The van der Waals surface area contributed by atoms with Gasteiger partial charge in [-0.3, -0.25) is 4.68 Å². The quantitative estimate of drug-likeness (QED) is 0.671. The van der Waals surface area contributed by atoms with E-state index in [9.17, 15) is 0 Å². The van der Waals surface area contributed by atoms with Crippen LogP contribution in [0, 0.1) is 0 Å². The lowest BCUT2D eigenvalue weighted by Crippen LogP contribution is -2.09. The minimum atomic E-state index is 0.118. The summed E-state index contributed by atoms with van der Waals surface area (Å²) in [6.07, 6.45) is 3.91. The molecule has 0 aliphatic carbocycles. The van der Waals surface area contributed by atoms with Crippen LogP contribution in [0.5, 0.6) is 0 Å². The normalized spacial score (nSPS) is 12.8. The number of rotatable bonds is 5. The van der Waals surface area contributed by atoms with Gasteiger partial charge in [0.2, 0.25) is 0 Å². The van der Waals surface area contributed by atoms with Crippen LogP contribution in [0.15, 0.2) is 42.0 Å². The smallest absolute Gasteiger partial charge is 0.0954 e. The number of nitrogens with one attached hydrogen (secondary N) is 1. The Bertz CT molecular complexity index is 700. The lowest BCUT2D eigenvalue weighted by molar-refractivity contribution is 0.532. The Morgan fingerprint density at radius 2 is 2.10 bits per heavy atom. The molecule has 0 aliphatic rings. The fourth-order valence-electron chi connectivity index (χ4n) is 2.08. The van der Waals surface area contributed by atoms with Gasteiger partial charge in [-0.05, 0) is 37.4 Å². The van der Waals surface area contributed by atoms with Gasteiger partial charge in [0.15, 0.2) is 0 Å². The topological polar surface area (TPSA) is 29.9 Å². The van der Waals surface area contributed by atoms with Gasteiger partial charge in [0, 0.05) is 22.0 Å². The molecule has 0 bridgehead atoms. The van der Waals surface area contributed by atoms with Crippen LogP contribution in [0.1, 0.15) is 35.7 Å². The van der Waals surface area contributed by atoms with E-state index in [2.05, 4.69) is 47.8 Å². The molecule has 1 atom stereocenters. The van der Waals surface area contributed by atoms with Crippen molar-refractivity contribution in [1.82, 2.24) is 9.78 Å². The minimum absolute atomic E-state index is 0.118. The van der Waals surface area contributed by atoms with Crippen LogP contribution in [0.25, 0.3) is 0 Å². The van der Waals surface area contributed by atoms with Gasteiger partial charge < -0.3 is 5.32 Å². The van der Waals surface area contributed by atoms with E-state index in [-0.39, 0.29) is 6.04 Å². The number of aromatic nitrogens is 2. The van der Waals surface area contributed by atoms with E-state index in [0.29, 0.717) is 6.04 Å². The molecular formula is C15H16ClN3S2. The van der Waals surface area contributed by atoms with Crippen LogP contribution in [-0.4, -0.2) is 9.78 Å². The van der Waals surface area contributed by atoms with Gasteiger partial charge in [-0.1, -0.05) is 17.7 Å². The Labute approximate surface area is 137 Å². The summed E-state index contributed by atoms with van der Waals surface area (Å²) in [6.45, 7) is 4.24. The van der Waals surface area contributed by atoms with E-state index in [1.165, 1.54) is 9.75 Å². The summed E-state index contributed by atoms with van der Waals surface area (Å²) in [6, 6.07) is 8.72. The molecule has 0 aromatic carbocycles. The molecule has 21 heavy (non-hydrogen) atoms. The van der Waals surface area contributed by atoms with E-state index >= 15 is 0 Å². The Balaban J connectivity index is 1.89. The van der Waals surface area contributed by atoms with Crippen molar-refractivity contribution in [2.45, 2.75) is 25.9 Å². The van der Waals surface area contributed by atoms with Crippen LogP contribution in [0.4, 0.5) is 5.69 Å². The number of thiophene rings is 2. The molecule has 6 heteroatoms. The van der Waals surface area contributed by atoms with Crippen molar-refractivity contribution in [2.24, 2.45) is 0 Å². The second-order valence-corrected chi connectivity index (χ2v) is 7.76. The monoisotopic (exact) mass is 337 g/mol. The van der Waals surface area contributed by atoms with Crippen LogP contribution >= 0.6 is 34.3 Å². The Morgan fingerprint density at radius 1 is 1.24 bits per heavy atom. The highest BCUT2D eigenvalue weighted by molar-refractivity contribution is 7.16. The van der Waals surface area contributed by atoms with Crippen molar-refractivity contribution in [2.75, 3.05) is 5.32 Å². The number of nitrogens with zero attached hydrogens (tertiary/aromatic N) is 2. The van der Waals surface area contributed by atoms with Gasteiger partial charge in [0.25, 0.3) is 0 Å². The molecule has 0 saturated heterocycles. The zero-order valence-corrected chi connectivity index (χ0v) is 14.2. The van der Waals surface area contributed by atoms with Crippen molar-refractivity contribution in [3.05, 3.63) is 56.1 Å². The summed E-state index contributed by atoms with van der Waals surface area (Å²) in [7, 11) is 0. The van der Waals surface area contributed by atoms with Crippen molar-refractivity contribution in [3.63, 3.8) is 0 Å². The molecule has 3 nitrogen and oxygen atoms in total. The Hall–Kier alpha value is -1.30. The second kappa shape index (κ2) is 6.22. The first-order valence-electron chi connectivity index (χ1n) is 6.73. The molecule has 3 heterocycles. The summed E-state index contributed by atoms with van der Waals surface area (Å²) in [4.78, 5) is 2.48. The summed E-state index contributed by atoms with van der Waals surface area (Å²) in [5, 5.41) is 10.0. The summed E-state index contributed by atoms with van der Waals surface area (Å²) in [5.74, 6) is 0. The zero-order chi connectivity index (χ0) is 14.8. The van der Waals surface area contributed by atoms with Gasteiger partial charge in [-0.25, -0.2) is 0 Å². The highest BCUT2D eigenvalue weighted by atomic mass is 35.5. The van der Waals surface area contributed by atoms with Crippen molar-refractivity contribution < 1.29 is 0 Å². The molecule has 0 amide bonds. The fraction of sp³-hybridized carbons (Fsp3) is 0.267. The third-order valence-electron chi connectivity index (χ3n) is 3.15. The maximum Gasteiger partial charge on any atom is 0.0954 e. The largest absolute Gasteiger partial charge is 0.370 e. The third-order valence-corrected chi connectivity index (χ3v) is 5.38. The molecule has 0 saturated carbocycles. The molecule has 1 N–H and O–H groups in total. The first kappa shape index (κ1) is 14.6. The molecule has 3 rings (SSSR count). The van der Waals surface area contributed by atoms with E-state index in [4.69, 9.17) is 11.6 Å². The zero-order valence-electron chi connectivity index (χ0n) is 11.8. The van der Waals surface area contributed by atoms with Gasteiger partial charge in [-0.2, -0.15) is 5.10 Å². The van der Waals surface area contributed by atoms with Crippen LogP contribution < -0.4 is 5.32 Å². The molecule has 0 fully saturated rings. The maximum absolute atomic E-state index is 6.09. The van der Waals surface area contributed by atoms with Crippen molar-refractivity contribution >= 4 is 40.0 Å². The van der Waals surface area contributed by atoms with Crippen molar-refractivity contribution in [1.29, 1.82) is 0 Å². The van der Waals surface area contributed by atoms with E-state index in [1.54, 1.807) is 22.7 Å². The number of hydrogen-bond donors (Lipinski definition) is 1. The van der Waals surface area contributed by atoms with Gasteiger partial charge in [-0.15, -0.1) is 22.7 Å². The van der Waals surface area contributed by atoms with Crippen LogP contribution in [-0.2, 0) is 0 Å². The molecule has 3 aromatic heterocycles. The molecule has 3 aromatic rings. The predicted octanol–water partition coefficient (Wildman–Crippen LogP) is 5.44. The summed E-state index contributed by atoms with van der Waals surface area (Å²) in [5.41, 5.74) is 1.02. The third kappa shape index (κ3) is 3.31. The molecule has 0 aliphatic heterocycles. The minimum Gasteiger partial charge on any atom is -0.370 e. The highest BCUT2D eigenvalue weighted by Gasteiger charge is 2.18. The molecule has 110 valence electrons. The van der Waals surface area contributed by atoms with E-state index < -0.39 is 0 Å². The molecule has 0 spiro atoms. The molecular weight excluding hydrogens is 322 g/mol. The van der Waals surface area contributed by atoms with E-state index in [0.717, 1.165) is 10.0 Å². The Morgan fingerprint density at radius 3 is 2.67 bits per heavy atom. The average molecular weight is 338 g/mol. The van der Waals surface area contributed by atoms with Gasteiger partial charge in [0.1, 0.15) is 0 Å². The molecule has 0 radical (unpaired) electrons. The highest BCUT2D eigenvalue weighted by Crippen LogP contribution is 2.35. The first-order chi connectivity index (χ1) is 10.1. The lowest BCUT2D eigenvalue weighted by atomic mass is 10.2. The van der Waals surface area contributed by atoms with Gasteiger partial charge in [0.05, 0.1) is 22.3 Å². The fourth-order valence-corrected chi connectivity index (χ4v) is 4.08. The molecule has 1 unspecified atom stereocenters. The average Bonchev–Trinajstić information content (AvgIpc) is 3.17. The van der Waals surface area contributed by atoms with Gasteiger partial charge >= 0.3 is 0 Å².